The number of hydrogen-bond donors (Lipinski definition) is 2. The molecule has 0 unspecified atom stereocenters. The van der Waals surface area contributed by atoms with Crippen molar-refractivity contribution < 1.29 is 9.90 Å². The standard InChI is InChI=1S/C11H6Cl3N3O2/c12-7-8(13)16-11(14)17-9(7)15-6-4-2-1-3-5(6)10(18)19/h1-4H,(H,18,19)(H,15,16,17). The Hall–Kier alpha value is -1.56. The van der Waals surface area contributed by atoms with Crippen LogP contribution in [0.5, 0.6) is 0 Å². The maximum Gasteiger partial charge on any atom is 0.337 e. The van der Waals surface area contributed by atoms with Crippen molar-refractivity contribution >= 4 is 52.3 Å². The van der Waals surface area contributed by atoms with E-state index in [0.717, 1.165) is 0 Å². The first-order valence-corrected chi connectivity index (χ1v) is 6.10. The van der Waals surface area contributed by atoms with Gasteiger partial charge in [0.05, 0.1) is 11.3 Å². The molecule has 0 spiro atoms. The summed E-state index contributed by atoms with van der Waals surface area (Å²) < 4.78 is 0. The highest BCUT2D eigenvalue weighted by atomic mass is 35.5. The molecule has 8 heteroatoms. The van der Waals surface area contributed by atoms with Crippen LogP contribution in [0.15, 0.2) is 24.3 Å². The zero-order chi connectivity index (χ0) is 14.0. The first-order chi connectivity index (χ1) is 8.99. The topological polar surface area (TPSA) is 75.1 Å². The Labute approximate surface area is 123 Å². The molecule has 5 nitrogen and oxygen atoms in total. The number of nitrogens with zero attached hydrogens (tertiary/aromatic N) is 2. The lowest BCUT2D eigenvalue weighted by Gasteiger charge is -2.10. The second-order valence-electron chi connectivity index (χ2n) is 3.42. The van der Waals surface area contributed by atoms with Crippen LogP contribution in [0.25, 0.3) is 0 Å². The Morgan fingerprint density at radius 1 is 1.16 bits per heavy atom. The van der Waals surface area contributed by atoms with Crippen molar-refractivity contribution in [1.29, 1.82) is 0 Å². The van der Waals surface area contributed by atoms with Gasteiger partial charge in [-0.1, -0.05) is 35.3 Å². The zero-order valence-corrected chi connectivity index (χ0v) is 11.5. The third-order valence-electron chi connectivity index (χ3n) is 2.19. The third-order valence-corrected chi connectivity index (χ3v) is 3.09. The number of benzene rings is 1. The van der Waals surface area contributed by atoms with Crippen molar-refractivity contribution in [2.45, 2.75) is 0 Å². The molecule has 1 heterocycles. The summed E-state index contributed by atoms with van der Waals surface area (Å²) in [5, 5.41) is 11.8. The molecule has 1 aromatic heterocycles. The van der Waals surface area contributed by atoms with Gasteiger partial charge in [0.2, 0.25) is 5.28 Å². The van der Waals surface area contributed by atoms with Gasteiger partial charge in [0.25, 0.3) is 0 Å². The number of aromatic carboxylic acids is 1. The second-order valence-corrected chi connectivity index (χ2v) is 4.50. The van der Waals surface area contributed by atoms with E-state index in [1.807, 2.05) is 0 Å². The van der Waals surface area contributed by atoms with E-state index in [-0.39, 0.29) is 26.8 Å². The molecule has 2 N–H and O–H groups in total. The number of carboxylic acids is 1. The van der Waals surface area contributed by atoms with Gasteiger partial charge in [-0.15, -0.1) is 0 Å². The van der Waals surface area contributed by atoms with Crippen LogP contribution in [-0.4, -0.2) is 21.0 Å². The maximum atomic E-state index is 11.1. The van der Waals surface area contributed by atoms with Gasteiger partial charge in [-0.25, -0.2) is 9.78 Å². The van der Waals surface area contributed by atoms with E-state index in [2.05, 4.69) is 15.3 Å². The van der Waals surface area contributed by atoms with Crippen LogP contribution >= 0.6 is 34.8 Å². The van der Waals surface area contributed by atoms with Crippen molar-refractivity contribution in [1.82, 2.24) is 9.97 Å². The molecule has 19 heavy (non-hydrogen) atoms. The molecule has 0 bridgehead atoms. The molecule has 0 fully saturated rings. The Morgan fingerprint density at radius 2 is 1.84 bits per heavy atom. The molecule has 0 saturated heterocycles. The van der Waals surface area contributed by atoms with Crippen LogP contribution in [0.4, 0.5) is 11.5 Å². The van der Waals surface area contributed by atoms with E-state index in [4.69, 9.17) is 39.9 Å². The van der Waals surface area contributed by atoms with Crippen molar-refractivity contribution in [3.63, 3.8) is 0 Å². The van der Waals surface area contributed by atoms with Gasteiger partial charge < -0.3 is 10.4 Å². The minimum absolute atomic E-state index is 0.0167. The van der Waals surface area contributed by atoms with Crippen LogP contribution < -0.4 is 5.32 Å². The molecule has 0 aliphatic rings. The van der Waals surface area contributed by atoms with Gasteiger partial charge in [-0.05, 0) is 23.7 Å². The van der Waals surface area contributed by atoms with E-state index in [0.29, 0.717) is 5.69 Å². The van der Waals surface area contributed by atoms with E-state index in [9.17, 15) is 4.79 Å². The summed E-state index contributed by atoms with van der Waals surface area (Å²) in [6.45, 7) is 0. The number of carboxylic acid groups (broad SMARTS) is 1. The molecule has 0 saturated carbocycles. The quantitative estimate of drug-likeness (QED) is 0.663. The van der Waals surface area contributed by atoms with Crippen molar-refractivity contribution in [2.24, 2.45) is 0 Å². The molecular formula is C11H6Cl3N3O2. The Morgan fingerprint density at radius 3 is 2.53 bits per heavy atom. The monoisotopic (exact) mass is 317 g/mol. The summed E-state index contributed by atoms with van der Waals surface area (Å²) >= 11 is 17.4. The first kappa shape index (κ1) is 13.9. The number of hydrogen-bond acceptors (Lipinski definition) is 4. The zero-order valence-electron chi connectivity index (χ0n) is 9.19. The third kappa shape index (κ3) is 3.07. The summed E-state index contributed by atoms with van der Waals surface area (Å²) in [7, 11) is 0. The van der Waals surface area contributed by atoms with Gasteiger partial charge in [0.1, 0.15) is 5.02 Å². The van der Waals surface area contributed by atoms with E-state index < -0.39 is 5.97 Å². The van der Waals surface area contributed by atoms with Gasteiger partial charge in [0, 0.05) is 0 Å². The number of aromatic nitrogens is 2. The number of halogens is 3. The number of nitrogens with one attached hydrogen (secondary N) is 1. The Bertz CT molecular complexity index is 649. The lowest BCUT2D eigenvalue weighted by Crippen LogP contribution is -2.04. The predicted octanol–water partition coefficient (Wildman–Crippen LogP) is 3.88. The fourth-order valence-corrected chi connectivity index (χ4v) is 1.90. The highest BCUT2D eigenvalue weighted by Crippen LogP contribution is 2.31. The van der Waals surface area contributed by atoms with Crippen LogP contribution in [0.1, 0.15) is 10.4 Å². The molecule has 0 amide bonds. The van der Waals surface area contributed by atoms with Crippen molar-refractivity contribution in [2.75, 3.05) is 5.32 Å². The van der Waals surface area contributed by atoms with Crippen molar-refractivity contribution in [3.8, 4) is 0 Å². The summed E-state index contributed by atoms with van der Waals surface area (Å²) in [5.41, 5.74) is 0.396. The fraction of sp³-hybridized carbons (Fsp3) is 0. The average Bonchev–Trinajstić information content (AvgIpc) is 2.35. The normalized spacial score (nSPS) is 10.3. The lowest BCUT2D eigenvalue weighted by molar-refractivity contribution is 0.0698. The molecule has 1 aromatic carbocycles. The minimum Gasteiger partial charge on any atom is -0.478 e. The SMILES string of the molecule is O=C(O)c1ccccc1Nc1nc(Cl)nc(Cl)c1Cl. The summed E-state index contributed by atoms with van der Waals surface area (Å²) in [5.74, 6) is -0.939. The summed E-state index contributed by atoms with van der Waals surface area (Å²) in [6, 6.07) is 6.30. The van der Waals surface area contributed by atoms with Gasteiger partial charge in [0.15, 0.2) is 11.0 Å². The number of anilines is 2. The maximum absolute atomic E-state index is 11.1. The first-order valence-electron chi connectivity index (χ1n) is 4.97. The van der Waals surface area contributed by atoms with E-state index in [1.54, 1.807) is 18.2 Å². The molecular weight excluding hydrogens is 312 g/mol. The number of carbonyl (C=O) groups is 1. The minimum atomic E-state index is -1.08. The van der Waals surface area contributed by atoms with E-state index >= 15 is 0 Å². The largest absolute Gasteiger partial charge is 0.478 e. The Kier molecular flexibility index (Phi) is 4.09. The lowest BCUT2D eigenvalue weighted by atomic mass is 10.2. The van der Waals surface area contributed by atoms with Gasteiger partial charge >= 0.3 is 5.97 Å². The highest BCUT2D eigenvalue weighted by Gasteiger charge is 2.14. The molecule has 98 valence electrons. The van der Waals surface area contributed by atoms with Crippen molar-refractivity contribution in [3.05, 3.63) is 45.3 Å². The molecule has 0 radical (unpaired) electrons. The Balaban J connectivity index is 2.45. The second kappa shape index (κ2) is 5.61. The van der Waals surface area contributed by atoms with Crippen LogP contribution in [0.2, 0.25) is 15.5 Å². The molecule has 2 aromatic rings. The van der Waals surface area contributed by atoms with Crippen LogP contribution in [-0.2, 0) is 0 Å². The van der Waals surface area contributed by atoms with Gasteiger partial charge in [-0.2, -0.15) is 4.98 Å². The molecule has 0 atom stereocenters. The van der Waals surface area contributed by atoms with Crippen LogP contribution in [0.3, 0.4) is 0 Å². The fourth-order valence-electron chi connectivity index (χ4n) is 1.38. The molecule has 0 aliphatic heterocycles. The number of para-hydroxylation sites is 1. The summed E-state index contributed by atoms with van der Waals surface area (Å²) in [6.07, 6.45) is 0. The summed E-state index contributed by atoms with van der Waals surface area (Å²) in [4.78, 5) is 18.6. The highest BCUT2D eigenvalue weighted by molar-refractivity contribution is 6.43. The average molecular weight is 319 g/mol. The van der Waals surface area contributed by atoms with Gasteiger partial charge in [-0.3, -0.25) is 0 Å². The molecule has 0 aliphatic carbocycles. The van der Waals surface area contributed by atoms with E-state index in [1.165, 1.54) is 6.07 Å². The predicted molar refractivity (Wildman–Crippen MR) is 73.7 cm³/mol. The van der Waals surface area contributed by atoms with Crippen LogP contribution in [0, 0.1) is 0 Å². The number of rotatable bonds is 3. The molecule has 2 rings (SSSR count). The smallest absolute Gasteiger partial charge is 0.337 e.